The van der Waals surface area contributed by atoms with E-state index in [-0.39, 0.29) is 0 Å². The van der Waals surface area contributed by atoms with Crippen LogP contribution >= 0.6 is 0 Å². The molecule has 0 saturated carbocycles. The molecular weight excluding hydrogens is 162 g/mol. The van der Waals surface area contributed by atoms with Crippen molar-refractivity contribution in [3.8, 4) is 0 Å². The van der Waals surface area contributed by atoms with Crippen molar-refractivity contribution in [1.29, 1.82) is 0 Å². The van der Waals surface area contributed by atoms with Gasteiger partial charge in [-0.15, -0.1) is 0 Å². The monoisotopic (exact) mass is 175 g/mol. The Balaban J connectivity index is 2.04. The summed E-state index contributed by atoms with van der Waals surface area (Å²) in [5.41, 5.74) is 7.75. The molecule has 0 fully saturated rings. The lowest BCUT2D eigenvalue weighted by molar-refractivity contribution is 0.385. The van der Waals surface area contributed by atoms with Crippen molar-refractivity contribution in [3.63, 3.8) is 0 Å². The Morgan fingerprint density at radius 3 is 3.08 bits per heavy atom. The molecule has 3 N–H and O–H groups in total. The first-order chi connectivity index (χ1) is 6.34. The van der Waals surface area contributed by atoms with Crippen LogP contribution in [0.5, 0.6) is 0 Å². The summed E-state index contributed by atoms with van der Waals surface area (Å²) in [6.45, 7) is 1.79. The summed E-state index contributed by atoms with van der Waals surface area (Å²) in [6.07, 6.45) is 4.00. The van der Waals surface area contributed by atoms with Crippen molar-refractivity contribution in [1.82, 2.24) is 10.2 Å². The van der Waals surface area contributed by atoms with Crippen LogP contribution in [0.3, 0.4) is 0 Å². The van der Waals surface area contributed by atoms with E-state index in [4.69, 9.17) is 5.73 Å². The van der Waals surface area contributed by atoms with Crippen LogP contribution in [0.2, 0.25) is 0 Å². The molecule has 0 saturated heterocycles. The molecule has 3 heteroatoms. The zero-order valence-electron chi connectivity index (χ0n) is 7.40. The zero-order chi connectivity index (χ0) is 9.10. The first kappa shape index (κ1) is 7.98. The van der Waals surface area contributed by atoms with Crippen LogP contribution in [0.1, 0.15) is 5.56 Å². The number of benzene rings is 1. The Labute approximate surface area is 77.8 Å². The van der Waals surface area contributed by atoms with E-state index in [1.807, 2.05) is 30.6 Å². The molecule has 3 nitrogen and oxygen atoms in total. The van der Waals surface area contributed by atoms with E-state index in [1.54, 1.807) is 0 Å². The van der Waals surface area contributed by atoms with E-state index in [2.05, 4.69) is 16.3 Å². The number of nitrogens with one attached hydrogen (secondary N) is 1. The molecule has 2 rings (SSSR count). The van der Waals surface area contributed by atoms with Gasteiger partial charge in [0.15, 0.2) is 0 Å². The largest absolute Gasteiger partial charge is 0.399 e. The molecule has 0 radical (unpaired) electrons. The molecule has 1 aromatic rings. The number of rotatable bonds is 2. The molecule has 13 heavy (non-hydrogen) atoms. The number of nitrogens with two attached hydrogens (primary N) is 1. The van der Waals surface area contributed by atoms with Crippen molar-refractivity contribution in [2.24, 2.45) is 0 Å². The minimum absolute atomic E-state index is 0.827. The molecule has 0 atom stereocenters. The summed E-state index contributed by atoms with van der Waals surface area (Å²) in [7, 11) is 0. The molecule has 0 unspecified atom stereocenters. The minimum atomic E-state index is 0.827. The summed E-state index contributed by atoms with van der Waals surface area (Å²) in [5.74, 6) is 0. The third-order valence-corrected chi connectivity index (χ3v) is 2.03. The quantitative estimate of drug-likeness (QED) is 0.661. The lowest BCUT2D eigenvalue weighted by Crippen LogP contribution is -2.19. The Bertz CT molecular complexity index is 320. The maximum absolute atomic E-state index is 5.68. The van der Waals surface area contributed by atoms with Gasteiger partial charge in [-0.05, 0) is 17.7 Å². The maximum Gasteiger partial charge on any atom is 0.0870 e. The second kappa shape index (κ2) is 3.39. The van der Waals surface area contributed by atoms with Gasteiger partial charge < -0.3 is 16.0 Å². The maximum atomic E-state index is 5.68. The van der Waals surface area contributed by atoms with Crippen molar-refractivity contribution in [3.05, 3.63) is 42.2 Å². The fraction of sp³-hybridized carbons (Fsp3) is 0.200. The number of hydrogen-bond donors (Lipinski definition) is 2. The molecule has 68 valence electrons. The minimum Gasteiger partial charge on any atom is -0.399 e. The second-order valence-corrected chi connectivity index (χ2v) is 3.17. The lowest BCUT2D eigenvalue weighted by atomic mass is 10.2. The van der Waals surface area contributed by atoms with Gasteiger partial charge in [-0.1, -0.05) is 12.1 Å². The predicted molar refractivity (Wildman–Crippen MR) is 53.5 cm³/mol. The highest BCUT2D eigenvalue weighted by Gasteiger charge is 2.03. The average Bonchev–Trinajstić information content (AvgIpc) is 2.57. The molecule has 1 aliphatic heterocycles. The van der Waals surface area contributed by atoms with Gasteiger partial charge in [-0.3, -0.25) is 0 Å². The van der Waals surface area contributed by atoms with Gasteiger partial charge in [0.2, 0.25) is 0 Å². The van der Waals surface area contributed by atoms with Crippen LogP contribution in [0.15, 0.2) is 36.7 Å². The summed E-state index contributed by atoms with van der Waals surface area (Å²) >= 11 is 0. The van der Waals surface area contributed by atoms with Crippen LogP contribution in [-0.2, 0) is 6.54 Å². The van der Waals surface area contributed by atoms with Gasteiger partial charge in [0, 0.05) is 24.6 Å². The van der Waals surface area contributed by atoms with Crippen molar-refractivity contribution < 1.29 is 0 Å². The molecule has 0 spiro atoms. The van der Waals surface area contributed by atoms with Crippen molar-refractivity contribution in [2.45, 2.75) is 6.54 Å². The zero-order valence-corrected chi connectivity index (χ0v) is 7.40. The number of nitrogens with zero attached hydrogens (tertiary/aromatic N) is 1. The van der Waals surface area contributed by atoms with Crippen LogP contribution in [-0.4, -0.2) is 11.6 Å². The van der Waals surface area contributed by atoms with Crippen molar-refractivity contribution >= 4 is 5.69 Å². The topological polar surface area (TPSA) is 41.3 Å². The van der Waals surface area contributed by atoms with E-state index in [1.165, 1.54) is 5.56 Å². The second-order valence-electron chi connectivity index (χ2n) is 3.17. The fourth-order valence-electron chi connectivity index (χ4n) is 1.42. The summed E-state index contributed by atoms with van der Waals surface area (Å²) in [6, 6.07) is 7.98. The van der Waals surface area contributed by atoms with Crippen molar-refractivity contribution in [2.75, 3.05) is 12.4 Å². The van der Waals surface area contributed by atoms with Gasteiger partial charge in [0.1, 0.15) is 0 Å². The molecule has 0 bridgehead atoms. The van der Waals surface area contributed by atoms with E-state index in [0.29, 0.717) is 0 Å². The Morgan fingerprint density at radius 1 is 1.46 bits per heavy atom. The van der Waals surface area contributed by atoms with Crippen LogP contribution < -0.4 is 11.1 Å². The summed E-state index contributed by atoms with van der Waals surface area (Å²) in [5, 5.41) is 3.12. The van der Waals surface area contributed by atoms with Crippen LogP contribution in [0.25, 0.3) is 0 Å². The predicted octanol–water partition coefficient (Wildman–Crippen LogP) is 1.10. The fourth-order valence-corrected chi connectivity index (χ4v) is 1.42. The molecular formula is C10H13N3. The van der Waals surface area contributed by atoms with E-state index < -0.39 is 0 Å². The molecule has 0 amide bonds. The van der Waals surface area contributed by atoms with E-state index >= 15 is 0 Å². The average molecular weight is 175 g/mol. The van der Waals surface area contributed by atoms with Gasteiger partial charge >= 0.3 is 0 Å². The highest BCUT2D eigenvalue weighted by molar-refractivity contribution is 5.40. The lowest BCUT2D eigenvalue weighted by Gasteiger charge is -2.14. The normalized spacial score (nSPS) is 14.6. The molecule has 1 aromatic carbocycles. The molecule has 1 aliphatic rings. The summed E-state index contributed by atoms with van der Waals surface area (Å²) in [4.78, 5) is 2.19. The van der Waals surface area contributed by atoms with Crippen LogP contribution in [0.4, 0.5) is 5.69 Å². The Hall–Kier alpha value is -1.64. The van der Waals surface area contributed by atoms with Crippen LogP contribution in [0, 0.1) is 0 Å². The first-order valence-electron chi connectivity index (χ1n) is 4.33. The highest BCUT2D eigenvalue weighted by atomic mass is 15.2. The van der Waals surface area contributed by atoms with E-state index in [9.17, 15) is 0 Å². The number of hydrogen-bond acceptors (Lipinski definition) is 3. The SMILES string of the molecule is Nc1cccc(CN2C=CNC2)c1. The van der Waals surface area contributed by atoms with Gasteiger partial charge in [0.25, 0.3) is 0 Å². The third kappa shape index (κ3) is 1.93. The highest BCUT2D eigenvalue weighted by Crippen LogP contribution is 2.10. The molecule has 0 aromatic heterocycles. The molecule has 0 aliphatic carbocycles. The van der Waals surface area contributed by atoms with Gasteiger partial charge in [-0.2, -0.15) is 0 Å². The number of anilines is 1. The van der Waals surface area contributed by atoms with Gasteiger partial charge in [0.05, 0.1) is 6.67 Å². The molecule has 1 heterocycles. The van der Waals surface area contributed by atoms with E-state index in [0.717, 1.165) is 18.9 Å². The van der Waals surface area contributed by atoms with Gasteiger partial charge in [-0.25, -0.2) is 0 Å². The standard InChI is InChI=1S/C10H13N3/c11-10-3-1-2-9(6-10)7-13-5-4-12-8-13/h1-6,12H,7-8,11H2. The number of nitrogen functional groups attached to an aromatic ring is 1. The third-order valence-electron chi connectivity index (χ3n) is 2.03. The Kier molecular flexibility index (Phi) is 2.08. The first-order valence-corrected chi connectivity index (χ1v) is 4.33. The summed E-state index contributed by atoms with van der Waals surface area (Å²) < 4.78 is 0. The smallest absolute Gasteiger partial charge is 0.0870 e. The Morgan fingerprint density at radius 2 is 2.38 bits per heavy atom.